The van der Waals surface area contributed by atoms with E-state index in [4.69, 9.17) is 5.73 Å². The highest BCUT2D eigenvalue weighted by Crippen LogP contribution is 2.14. The molecule has 96 valence electrons. The number of pyridine rings is 1. The predicted molar refractivity (Wildman–Crippen MR) is 77.7 cm³/mol. The van der Waals surface area contributed by atoms with Gasteiger partial charge in [0.1, 0.15) is 5.82 Å². The normalized spacial score (nSPS) is 12.9. The van der Waals surface area contributed by atoms with E-state index in [-0.39, 0.29) is 6.04 Å². The maximum atomic E-state index is 6.04. The van der Waals surface area contributed by atoms with E-state index in [9.17, 15) is 0 Å². The molecule has 0 spiro atoms. The van der Waals surface area contributed by atoms with Gasteiger partial charge in [-0.3, -0.25) is 0 Å². The number of nitrogens with one attached hydrogen (secondary N) is 1. The number of hydrogen-bond acceptors (Lipinski definition) is 3. The van der Waals surface area contributed by atoms with Crippen molar-refractivity contribution in [1.29, 1.82) is 0 Å². The summed E-state index contributed by atoms with van der Waals surface area (Å²) >= 11 is 0. The number of fused-ring (bicyclic) bond motifs is 1. The maximum Gasteiger partial charge on any atom is 0.126 e. The van der Waals surface area contributed by atoms with E-state index in [2.05, 4.69) is 36.3 Å². The first kappa shape index (κ1) is 12.8. The summed E-state index contributed by atoms with van der Waals surface area (Å²) in [6.45, 7) is 5.14. The number of nitrogens with two attached hydrogens (primary N) is 1. The Morgan fingerprint density at radius 1 is 1.17 bits per heavy atom. The van der Waals surface area contributed by atoms with Gasteiger partial charge in [0.25, 0.3) is 0 Å². The number of hydrogen-bond donors (Lipinski definition) is 2. The molecule has 18 heavy (non-hydrogen) atoms. The Kier molecular flexibility index (Phi) is 4.15. The van der Waals surface area contributed by atoms with E-state index in [0.717, 1.165) is 29.7 Å². The molecular weight excluding hydrogens is 222 g/mol. The predicted octanol–water partition coefficient (Wildman–Crippen LogP) is 3.02. The van der Waals surface area contributed by atoms with Crippen molar-refractivity contribution >= 4 is 16.7 Å². The Hall–Kier alpha value is -1.61. The zero-order valence-corrected chi connectivity index (χ0v) is 11.1. The van der Waals surface area contributed by atoms with Crippen LogP contribution in [-0.2, 0) is 0 Å². The van der Waals surface area contributed by atoms with Crippen LogP contribution in [0.3, 0.4) is 0 Å². The number of aromatic nitrogens is 1. The van der Waals surface area contributed by atoms with Crippen LogP contribution >= 0.6 is 0 Å². The number of nitrogens with zero attached hydrogens (tertiary/aromatic N) is 1. The Morgan fingerprint density at radius 2 is 1.94 bits per heavy atom. The van der Waals surface area contributed by atoms with Gasteiger partial charge in [-0.2, -0.15) is 0 Å². The lowest BCUT2D eigenvalue weighted by molar-refractivity contribution is 0.508. The van der Waals surface area contributed by atoms with Gasteiger partial charge >= 0.3 is 0 Å². The summed E-state index contributed by atoms with van der Waals surface area (Å²) in [7, 11) is 0. The molecular formula is C15H21N3. The van der Waals surface area contributed by atoms with Crippen molar-refractivity contribution in [1.82, 2.24) is 4.98 Å². The summed E-state index contributed by atoms with van der Waals surface area (Å²) in [6, 6.07) is 12.4. The van der Waals surface area contributed by atoms with Gasteiger partial charge < -0.3 is 11.1 Å². The average Bonchev–Trinajstić information content (AvgIpc) is 2.35. The number of para-hydroxylation sites is 1. The van der Waals surface area contributed by atoms with Crippen LogP contribution in [0.2, 0.25) is 0 Å². The summed E-state index contributed by atoms with van der Waals surface area (Å²) in [6.07, 6.45) is 1.03. The number of rotatable bonds is 5. The van der Waals surface area contributed by atoms with Crippen LogP contribution in [0.25, 0.3) is 10.9 Å². The molecule has 0 fully saturated rings. The molecule has 0 amide bonds. The van der Waals surface area contributed by atoms with Crippen LogP contribution in [0.4, 0.5) is 5.82 Å². The quantitative estimate of drug-likeness (QED) is 0.848. The van der Waals surface area contributed by atoms with Gasteiger partial charge in [-0.1, -0.05) is 32.0 Å². The fraction of sp³-hybridized carbons (Fsp3) is 0.400. The van der Waals surface area contributed by atoms with Crippen molar-refractivity contribution in [3.63, 3.8) is 0 Å². The Labute approximate surface area is 108 Å². The summed E-state index contributed by atoms with van der Waals surface area (Å²) in [5, 5.41) is 4.47. The molecule has 2 rings (SSSR count). The molecule has 3 heteroatoms. The van der Waals surface area contributed by atoms with E-state index in [1.165, 1.54) is 0 Å². The number of anilines is 1. The molecule has 2 aromatic rings. The molecule has 0 saturated carbocycles. The second-order valence-electron chi connectivity index (χ2n) is 5.16. The van der Waals surface area contributed by atoms with Gasteiger partial charge in [0.15, 0.2) is 0 Å². The van der Waals surface area contributed by atoms with Crippen molar-refractivity contribution in [3.05, 3.63) is 36.4 Å². The van der Waals surface area contributed by atoms with E-state index in [1.54, 1.807) is 0 Å². The molecule has 1 heterocycles. The minimum Gasteiger partial charge on any atom is -0.368 e. The van der Waals surface area contributed by atoms with Crippen LogP contribution < -0.4 is 11.1 Å². The lowest BCUT2D eigenvalue weighted by Gasteiger charge is -2.15. The van der Waals surface area contributed by atoms with Crippen molar-refractivity contribution in [3.8, 4) is 0 Å². The lowest BCUT2D eigenvalue weighted by Crippen LogP contribution is -2.30. The van der Waals surface area contributed by atoms with E-state index < -0.39 is 0 Å². The second kappa shape index (κ2) is 5.83. The van der Waals surface area contributed by atoms with Gasteiger partial charge in [-0.05, 0) is 30.5 Å². The first-order chi connectivity index (χ1) is 8.65. The monoisotopic (exact) mass is 243 g/mol. The van der Waals surface area contributed by atoms with E-state index in [0.29, 0.717) is 5.92 Å². The van der Waals surface area contributed by atoms with Gasteiger partial charge in [-0.25, -0.2) is 4.98 Å². The minimum atomic E-state index is 0.179. The molecule has 1 unspecified atom stereocenters. The molecule has 0 bridgehead atoms. The fourth-order valence-electron chi connectivity index (χ4n) is 2.09. The van der Waals surface area contributed by atoms with Crippen LogP contribution in [0.5, 0.6) is 0 Å². The van der Waals surface area contributed by atoms with Gasteiger partial charge in [-0.15, -0.1) is 0 Å². The van der Waals surface area contributed by atoms with Crippen molar-refractivity contribution in [2.24, 2.45) is 11.7 Å². The third kappa shape index (κ3) is 3.44. The minimum absolute atomic E-state index is 0.179. The van der Waals surface area contributed by atoms with Gasteiger partial charge in [0, 0.05) is 18.0 Å². The molecule has 0 saturated heterocycles. The first-order valence-electron chi connectivity index (χ1n) is 6.50. The van der Waals surface area contributed by atoms with Crippen LogP contribution in [0.1, 0.15) is 20.3 Å². The summed E-state index contributed by atoms with van der Waals surface area (Å²) in [4.78, 5) is 4.56. The fourth-order valence-corrected chi connectivity index (χ4v) is 2.09. The lowest BCUT2D eigenvalue weighted by atomic mass is 10.0. The van der Waals surface area contributed by atoms with Crippen LogP contribution in [-0.4, -0.2) is 17.6 Å². The molecule has 1 atom stereocenters. The highest BCUT2D eigenvalue weighted by atomic mass is 15.0. The molecule has 1 aromatic carbocycles. The smallest absolute Gasteiger partial charge is 0.126 e. The highest BCUT2D eigenvalue weighted by Gasteiger charge is 2.05. The van der Waals surface area contributed by atoms with Crippen molar-refractivity contribution in [2.45, 2.75) is 26.3 Å². The Bertz CT molecular complexity index is 508. The molecule has 0 radical (unpaired) electrons. The zero-order chi connectivity index (χ0) is 13.0. The second-order valence-corrected chi connectivity index (χ2v) is 5.16. The largest absolute Gasteiger partial charge is 0.368 e. The third-order valence-corrected chi connectivity index (χ3v) is 2.92. The molecule has 1 aromatic heterocycles. The SMILES string of the molecule is CC(C)CC(N)CNc1ccc2ccccc2n1. The zero-order valence-electron chi connectivity index (χ0n) is 11.1. The molecule has 0 aliphatic heterocycles. The molecule has 3 nitrogen and oxygen atoms in total. The summed E-state index contributed by atoms with van der Waals surface area (Å²) < 4.78 is 0. The Balaban J connectivity index is 1.99. The Morgan fingerprint density at radius 3 is 2.72 bits per heavy atom. The van der Waals surface area contributed by atoms with Crippen LogP contribution in [0.15, 0.2) is 36.4 Å². The highest BCUT2D eigenvalue weighted by molar-refractivity contribution is 5.79. The summed E-state index contributed by atoms with van der Waals surface area (Å²) in [5.41, 5.74) is 7.06. The first-order valence-corrected chi connectivity index (χ1v) is 6.50. The standard InChI is InChI=1S/C15H21N3/c1-11(2)9-13(16)10-17-15-8-7-12-5-3-4-6-14(12)18-15/h3-8,11,13H,9-10,16H2,1-2H3,(H,17,18). The summed E-state index contributed by atoms with van der Waals surface area (Å²) in [5.74, 6) is 1.53. The van der Waals surface area contributed by atoms with Gasteiger partial charge in [0.2, 0.25) is 0 Å². The topological polar surface area (TPSA) is 50.9 Å². The molecule has 0 aliphatic carbocycles. The van der Waals surface area contributed by atoms with Crippen molar-refractivity contribution in [2.75, 3.05) is 11.9 Å². The number of benzene rings is 1. The maximum absolute atomic E-state index is 6.04. The van der Waals surface area contributed by atoms with Gasteiger partial charge in [0.05, 0.1) is 5.52 Å². The third-order valence-electron chi connectivity index (χ3n) is 2.92. The molecule has 0 aliphatic rings. The molecule has 3 N–H and O–H groups in total. The average molecular weight is 243 g/mol. The van der Waals surface area contributed by atoms with E-state index in [1.807, 2.05) is 24.3 Å². The van der Waals surface area contributed by atoms with E-state index >= 15 is 0 Å². The van der Waals surface area contributed by atoms with Crippen LogP contribution in [0, 0.1) is 5.92 Å². The van der Waals surface area contributed by atoms with Crippen molar-refractivity contribution < 1.29 is 0 Å².